The highest BCUT2D eigenvalue weighted by Crippen LogP contribution is 2.51. The van der Waals surface area contributed by atoms with Gasteiger partial charge in [-0.1, -0.05) is 6.07 Å². The molecule has 2 amide bonds. The Labute approximate surface area is 149 Å². The van der Waals surface area contributed by atoms with Gasteiger partial charge in [0.1, 0.15) is 5.82 Å². The van der Waals surface area contributed by atoms with Crippen molar-refractivity contribution < 1.29 is 14.0 Å². The predicted octanol–water partition coefficient (Wildman–Crippen LogP) is 3.94. The first-order valence-corrected chi connectivity index (χ1v) is 8.44. The summed E-state index contributed by atoms with van der Waals surface area (Å²) in [6.45, 7) is 1.43. The first-order valence-electron chi connectivity index (χ1n) is 8.44. The zero-order valence-corrected chi connectivity index (χ0v) is 14.2. The Morgan fingerprint density at radius 3 is 2.50 bits per heavy atom. The zero-order valence-electron chi connectivity index (χ0n) is 14.2. The summed E-state index contributed by atoms with van der Waals surface area (Å²) in [5.74, 6) is -0.573. The second-order valence-corrected chi connectivity index (χ2v) is 6.69. The lowest BCUT2D eigenvalue weighted by atomic mass is 9.94. The monoisotopic (exact) mass is 351 g/mol. The van der Waals surface area contributed by atoms with Gasteiger partial charge in [-0.05, 0) is 54.8 Å². The van der Waals surface area contributed by atoms with Crippen molar-refractivity contribution in [1.82, 2.24) is 4.98 Å². The smallest absolute Gasteiger partial charge is 0.235 e. The predicted molar refractivity (Wildman–Crippen MR) is 98.5 cm³/mol. The van der Waals surface area contributed by atoms with E-state index in [1.54, 1.807) is 36.5 Å². The molecule has 5 nitrogen and oxygen atoms in total. The molecule has 0 spiro atoms. The van der Waals surface area contributed by atoms with Gasteiger partial charge in [0.15, 0.2) is 0 Å². The van der Waals surface area contributed by atoms with E-state index in [4.69, 9.17) is 0 Å². The minimum atomic E-state index is -0.597. The van der Waals surface area contributed by atoms with Gasteiger partial charge in [-0.2, -0.15) is 0 Å². The van der Waals surface area contributed by atoms with E-state index >= 15 is 0 Å². The average Bonchev–Trinajstić information content (AvgIpc) is 3.29. The molecule has 3 N–H and O–H groups in total. The quantitative estimate of drug-likeness (QED) is 0.666. The summed E-state index contributed by atoms with van der Waals surface area (Å²) in [6, 6.07) is 11.6. The number of hydrogen-bond acceptors (Lipinski definition) is 2. The number of anilines is 2. The maximum absolute atomic E-state index is 13.4. The normalized spacial score (nSPS) is 14.8. The van der Waals surface area contributed by atoms with Gasteiger partial charge in [-0.25, -0.2) is 4.39 Å². The van der Waals surface area contributed by atoms with Crippen molar-refractivity contribution in [3.8, 4) is 0 Å². The number of carbonyl (C=O) groups is 2. The van der Waals surface area contributed by atoms with Crippen LogP contribution in [-0.4, -0.2) is 16.8 Å². The molecule has 1 aromatic heterocycles. The molecule has 4 rings (SSSR count). The number of H-pyrrole nitrogens is 1. The van der Waals surface area contributed by atoms with Crippen LogP contribution in [0.3, 0.4) is 0 Å². The summed E-state index contributed by atoms with van der Waals surface area (Å²) in [7, 11) is 0. The standard InChI is InChI=1S/C20H18FN3O2/c1-12(25)23-14-3-2-4-15(10-14)24-19(26)20(7-8-20)17-11-22-18-9-13(21)5-6-16(17)18/h2-6,9-11,22H,7-8H2,1H3,(H,23,25)(H,24,26). The Balaban J connectivity index is 1.60. The van der Waals surface area contributed by atoms with Crippen LogP contribution in [0.5, 0.6) is 0 Å². The lowest BCUT2D eigenvalue weighted by Crippen LogP contribution is -2.27. The molecule has 0 atom stereocenters. The number of fused-ring (bicyclic) bond motifs is 1. The third kappa shape index (κ3) is 2.83. The van der Waals surface area contributed by atoms with Gasteiger partial charge in [0.2, 0.25) is 11.8 Å². The van der Waals surface area contributed by atoms with Gasteiger partial charge >= 0.3 is 0 Å². The molecule has 26 heavy (non-hydrogen) atoms. The van der Waals surface area contributed by atoms with Gasteiger partial charge in [0, 0.05) is 35.4 Å². The first-order chi connectivity index (χ1) is 12.5. The van der Waals surface area contributed by atoms with Crippen molar-refractivity contribution in [2.75, 3.05) is 10.6 Å². The lowest BCUT2D eigenvalue weighted by Gasteiger charge is -2.15. The molecule has 1 fully saturated rings. The highest BCUT2D eigenvalue weighted by molar-refractivity contribution is 6.05. The summed E-state index contributed by atoms with van der Waals surface area (Å²) >= 11 is 0. The van der Waals surface area contributed by atoms with Gasteiger partial charge in [-0.3, -0.25) is 9.59 Å². The number of rotatable bonds is 4. The second-order valence-electron chi connectivity index (χ2n) is 6.69. The van der Waals surface area contributed by atoms with E-state index in [1.807, 2.05) is 0 Å². The largest absolute Gasteiger partial charge is 0.361 e. The van der Waals surface area contributed by atoms with E-state index in [0.717, 1.165) is 23.8 Å². The topological polar surface area (TPSA) is 74.0 Å². The molecule has 2 aromatic carbocycles. The van der Waals surface area contributed by atoms with Crippen LogP contribution in [0.4, 0.5) is 15.8 Å². The Kier molecular flexibility index (Phi) is 3.76. The van der Waals surface area contributed by atoms with Crippen molar-refractivity contribution in [1.29, 1.82) is 0 Å². The van der Waals surface area contributed by atoms with Gasteiger partial charge in [0.05, 0.1) is 5.41 Å². The fourth-order valence-corrected chi connectivity index (χ4v) is 3.37. The van der Waals surface area contributed by atoms with Crippen molar-refractivity contribution in [3.63, 3.8) is 0 Å². The Bertz CT molecular complexity index is 1020. The van der Waals surface area contributed by atoms with Crippen molar-refractivity contribution in [2.24, 2.45) is 0 Å². The van der Waals surface area contributed by atoms with Crippen LogP contribution in [0.25, 0.3) is 10.9 Å². The van der Waals surface area contributed by atoms with Crippen molar-refractivity contribution in [2.45, 2.75) is 25.2 Å². The molecule has 3 aromatic rings. The van der Waals surface area contributed by atoms with Crippen LogP contribution < -0.4 is 10.6 Å². The van der Waals surface area contributed by atoms with E-state index in [1.165, 1.54) is 19.1 Å². The lowest BCUT2D eigenvalue weighted by molar-refractivity contribution is -0.118. The molecule has 6 heteroatoms. The summed E-state index contributed by atoms with van der Waals surface area (Å²) in [5, 5.41) is 6.51. The molecule has 1 aliphatic carbocycles. The van der Waals surface area contributed by atoms with Crippen LogP contribution >= 0.6 is 0 Å². The number of aromatic nitrogens is 1. The number of nitrogens with one attached hydrogen (secondary N) is 3. The molecule has 0 bridgehead atoms. The summed E-state index contributed by atoms with van der Waals surface area (Å²) in [6.07, 6.45) is 3.29. The van der Waals surface area contributed by atoms with E-state index < -0.39 is 5.41 Å². The number of aromatic amines is 1. The Morgan fingerprint density at radius 2 is 1.81 bits per heavy atom. The molecule has 0 saturated heterocycles. The third-order valence-corrected chi connectivity index (χ3v) is 4.78. The first kappa shape index (κ1) is 16.3. The summed E-state index contributed by atoms with van der Waals surface area (Å²) in [5.41, 5.74) is 2.23. The van der Waals surface area contributed by atoms with E-state index in [2.05, 4.69) is 15.6 Å². The third-order valence-electron chi connectivity index (χ3n) is 4.78. The maximum Gasteiger partial charge on any atom is 0.235 e. The van der Waals surface area contributed by atoms with Crippen LogP contribution in [0.1, 0.15) is 25.3 Å². The van der Waals surface area contributed by atoms with E-state index in [0.29, 0.717) is 16.9 Å². The van der Waals surface area contributed by atoms with Crippen molar-refractivity contribution in [3.05, 3.63) is 60.0 Å². The second kappa shape index (κ2) is 5.98. The van der Waals surface area contributed by atoms with Gasteiger partial charge in [-0.15, -0.1) is 0 Å². The Morgan fingerprint density at radius 1 is 1.08 bits per heavy atom. The van der Waals surface area contributed by atoms with Gasteiger partial charge in [0.25, 0.3) is 0 Å². The SMILES string of the molecule is CC(=O)Nc1cccc(NC(=O)C2(c3c[nH]c4cc(F)ccc34)CC2)c1. The molecule has 1 aliphatic rings. The van der Waals surface area contributed by atoms with Crippen molar-refractivity contribution >= 4 is 34.1 Å². The van der Waals surface area contributed by atoms with E-state index in [9.17, 15) is 14.0 Å². The number of amides is 2. The van der Waals surface area contributed by atoms with Crippen LogP contribution in [0.15, 0.2) is 48.7 Å². The molecule has 0 unspecified atom stereocenters. The zero-order chi connectivity index (χ0) is 18.3. The number of halogens is 1. The number of benzene rings is 2. The minimum Gasteiger partial charge on any atom is -0.361 e. The van der Waals surface area contributed by atoms with Crippen LogP contribution in [0, 0.1) is 5.82 Å². The molecule has 0 radical (unpaired) electrons. The summed E-state index contributed by atoms with van der Waals surface area (Å²) < 4.78 is 13.4. The van der Waals surface area contributed by atoms with Crippen LogP contribution in [-0.2, 0) is 15.0 Å². The highest BCUT2D eigenvalue weighted by Gasteiger charge is 2.52. The minimum absolute atomic E-state index is 0.0947. The summed E-state index contributed by atoms with van der Waals surface area (Å²) in [4.78, 5) is 27.2. The highest BCUT2D eigenvalue weighted by atomic mass is 19.1. The van der Waals surface area contributed by atoms with E-state index in [-0.39, 0.29) is 17.6 Å². The number of carbonyl (C=O) groups excluding carboxylic acids is 2. The van der Waals surface area contributed by atoms with Gasteiger partial charge < -0.3 is 15.6 Å². The molecule has 1 saturated carbocycles. The Hall–Kier alpha value is -3.15. The molecule has 132 valence electrons. The average molecular weight is 351 g/mol. The maximum atomic E-state index is 13.4. The number of hydrogen-bond donors (Lipinski definition) is 3. The van der Waals surface area contributed by atoms with Crippen LogP contribution in [0.2, 0.25) is 0 Å². The molecule has 1 heterocycles. The fraction of sp³-hybridized carbons (Fsp3) is 0.200. The fourth-order valence-electron chi connectivity index (χ4n) is 3.37. The molecular weight excluding hydrogens is 333 g/mol. The molecular formula is C20H18FN3O2. The molecule has 0 aliphatic heterocycles.